The number of carbonyl (C=O) groups is 1. The molecule has 1 N–H and O–H groups in total. The number of fused-ring (bicyclic) bond motifs is 1. The van der Waals surface area contributed by atoms with Crippen LogP contribution in [0.4, 0.5) is 0 Å². The van der Waals surface area contributed by atoms with Gasteiger partial charge in [0.05, 0.1) is 10.8 Å². The van der Waals surface area contributed by atoms with E-state index in [1.807, 2.05) is 19.1 Å². The number of benzene rings is 2. The van der Waals surface area contributed by atoms with E-state index in [4.69, 9.17) is 4.74 Å². The lowest BCUT2D eigenvalue weighted by Crippen LogP contribution is -2.33. The Morgan fingerprint density at radius 2 is 1.74 bits per heavy atom. The highest BCUT2D eigenvalue weighted by atomic mass is 16.5. The van der Waals surface area contributed by atoms with Gasteiger partial charge in [-0.05, 0) is 41.7 Å². The minimum atomic E-state index is -0.630. The first-order valence-electron chi connectivity index (χ1n) is 8.70. The van der Waals surface area contributed by atoms with E-state index in [9.17, 15) is 14.4 Å². The van der Waals surface area contributed by atoms with Crippen LogP contribution < -0.4 is 15.9 Å². The Hall–Kier alpha value is -3.15. The highest BCUT2D eigenvalue weighted by Gasteiger charge is 2.17. The summed E-state index contributed by atoms with van der Waals surface area (Å²) in [6.07, 6.45) is 0. The third kappa shape index (κ3) is 3.84. The van der Waals surface area contributed by atoms with Crippen molar-refractivity contribution in [2.45, 2.75) is 39.7 Å². The van der Waals surface area contributed by atoms with Crippen molar-refractivity contribution < 1.29 is 9.53 Å². The molecule has 2 aromatic carbocycles. The van der Waals surface area contributed by atoms with Crippen LogP contribution in [-0.2, 0) is 16.8 Å². The van der Waals surface area contributed by atoms with E-state index < -0.39 is 17.1 Å². The zero-order valence-corrected chi connectivity index (χ0v) is 15.8. The lowest BCUT2D eigenvalue weighted by atomic mass is 9.86. The Morgan fingerprint density at radius 3 is 2.37 bits per heavy atom. The number of aromatic nitrogens is 2. The summed E-state index contributed by atoms with van der Waals surface area (Å²) in [7, 11) is 0. The van der Waals surface area contributed by atoms with Gasteiger partial charge >= 0.3 is 5.97 Å². The van der Waals surface area contributed by atoms with Gasteiger partial charge < -0.3 is 4.74 Å². The minimum Gasteiger partial charge on any atom is -0.425 e. The number of hydrogen-bond acceptors (Lipinski definition) is 4. The number of hydrogen-bond donors (Lipinski definition) is 1. The van der Waals surface area contributed by atoms with Crippen LogP contribution in [0, 0.1) is 6.92 Å². The molecule has 0 spiro atoms. The molecule has 0 amide bonds. The maximum Gasteiger partial charge on any atom is 0.333 e. The van der Waals surface area contributed by atoms with Gasteiger partial charge in [-0.1, -0.05) is 45.0 Å². The summed E-state index contributed by atoms with van der Waals surface area (Å²) in [6, 6.07) is 12.1. The van der Waals surface area contributed by atoms with Crippen LogP contribution in [0.15, 0.2) is 52.1 Å². The van der Waals surface area contributed by atoms with Crippen molar-refractivity contribution in [2.75, 3.05) is 0 Å². The van der Waals surface area contributed by atoms with E-state index in [1.54, 1.807) is 30.3 Å². The number of aromatic amines is 1. The molecule has 0 saturated heterocycles. The zero-order valence-electron chi connectivity index (χ0n) is 15.8. The van der Waals surface area contributed by atoms with Crippen LogP contribution in [-0.4, -0.2) is 15.7 Å². The minimum absolute atomic E-state index is 0.00874. The highest BCUT2D eigenvalue weighted by molar-refractivity contribution is 5.80. The number of esters is 1. The molecule has 0 unspecified atom stereocenters. The third-order valence-electron chi connectivity index (χ3n) is 4.44. The summed E-state index contributed by atoms with van der Waals surface area (Å²) < 4.78 is 6.38. The summed E-state index contributed by atoms with van der Waals surface area (Å²) in [5.41, 5.74) is 1.08. The van der Waals surface area contributed by atoms with E-state index in [0.717, 1.165) is 15.8 Å². The zero-order chi connectivity index (χ0) is 19.8. The van der Waals surface area contributed by atoms with E-state index in [1.165, 1.54) is 0 Å². The maximum atomic E-state index is 12.5. The van der Waals surface area contributed by atoms with Gasteiger partial charge in [-0.3, -0.25) is 14.7 Å². The Balaban J connectivity index is 1.85. The standard InChI is InChI=1S/C21H22N2O4/c1-13-11-14(21(2,3)4)9-10-17(13)27-18(24)12-23-20(26)16-8-6-5-7-15(16)19(25)22-23/h5-11H,12H2,1-4H3,(H,22,25). The van der Waals surface area contributed by atoms with Crippen LogP contribution in [0.2, 0.25) is 0 Å². The monoisotopic (exact) mass is 366 g/mol. The molecule has 0 aliphatic carbocycles. The molecule has 0 bridgehead atoms. The fourth-order valence-corrected chi connectivity index (χ4v) is 2.87. The normalized spacial score (nSPS) is 11.6. The van der Waals surface area contributed by atoms with Gasteiger partial charge in [-0.25, -0.2) is 9.48 Å². The Bertz CT molecular complexity index is 1130. The Morgan fingerprint density at radius 1 is 1.07 bits per heavy atom. The molecule has 0 fully saturated rings. The van der Waals surface area contributed by atoms with Crippen molar-refractivity contribution in [1.29, 1.82) is 0 Å². The van der Waals surface area contributed by atoms with Crippen molar-refractivity contribution in [3.63, 3.8) is 0 Å². The second kappa shape index (κ2) is 6.87. The first-order chi connectivity index (χ1) is 12.7. The second-order valence-corrected chi connectivity index (χ2v) is 7.58. The van der Waals surface area contributed by atoms with E-state index in [2.05, 4.69) is 25.9 Å². The predicted molar refractivity (Wildman–Crippen MR) is 104 cm³/mol. The summed E-state index contributed by atoms with van der Waals surface area (Å²) >= 11 is 0. The predicted octanol–water partition coefficient (Wildman–Crippen LogP) is 2.90. The average Bonchev–Trinajstić information content (AvgIpc) is 2.60. The van der Waals surface area contributed by atoms with Crippen LogP contribution >= 0.6 is 0 Å². The Kier molecular flexibility index (Phi) is 4.74. The molecule has 27 heavy (non-hydrogen) atoms. The summed E-state index contributed by atoms with van der Waals surface area (Å²) in [4.78, 5) is 36.9. The van der Waals surface area contributed by atoms with Crippen molar-refractivity contribution in [2.24, 2.45) is 0 Å². The van der Waals surface area contributed by atoms with Gasteiger partial charge in [-0.2, -0.15) is 0 Å². The second-order valence-electron chi connectivity index (χ2n) is 7.58. The first-order valence-corrected chi connectivity index (χ1v) is 8.70. The SMILES string of the molecule is Cc1cc(C(C)(C)C)ccc1OC(=O)Cn1[nH]c(=O)c2ccccc2c1=O. The van der Waals surface area contributed by atoms with E-state index in [0.29, 0.717) is 11.1 Å². The third-order valence-corrected chi connectivity index (χ3v) is 4.44. The summed E-state index contributed by atoms with van der Waals surface area (Å²) in [5.74, 6) is -0.196. The van der Waals surface area contributed by atoms with Gasteiger partial charge in [-0.15, -0.1) is 0 Å². The van der Waals surface area contributed by atoms with Gasteiger partial charge in [0.2, 0.25) is 0 Å². The molecular weight excluding hydrogens is 344 g/mol. The molecule has 0 atom stereocenters. The smallest absolute Gasteiger partial charge is 0.333 e. The summed E-state index contributed by atoms with van der Waals surface area (Å²) in [5, 5.41) is 2.98. The van der Waals surface area contributed by atoms with Gasteiger partial charge in [0.25, 0.3) is 11.1 Å². The molecule has 140 valence electrons. The molecule has 1 heterocycles. The number of nitrogens with one attached hydrogen (secondary N) is 1. The van der Waals surface area contributed by atoms with E-state index in [-0.39, 0.29) is 17.3 Å². The van der Waals surface area contributed by atoms with Crippen LogP contribution in [0.1, 0.15) is 31.9 Å². The molecule has 1 aromatic heterocycles. The molecule has 6 heteroatoms. The molecule has 0 radical (unpaired) electrons. The van der Waals surface area contributed by atoms with Crippen LogP contribution in [0.25, 0.3) is 10.8 Å². The Labute approximate surface area is 156 Å². The van der Waals surface area contributed by atoms with Crippen molar-refractivity contribution in [3.05, 3.63) is 74.3 Å². The largest absolute Gasteiger partial charge is 0.425 e. The molecule has 3 rings (SSSR count). The maximum absolute atomic E-state index is 12.5. The molecule has 0 saturated carbocycles. The van der Waals surface area contributed by atoms with Gasteiger partial charge in [0, 0.05) is 0 Å². The number of carbonyl (C=O) groups excluding carboxylic acids is 1. The highest BCUT2D eigenvalue weighted by Crippen LogP contribution is 2.27. The molecular formula is C21H22N2O4. The fourth-order valence-electron chi connectivity index (χ4n) is 2.87. The van der Waals surface area contributed by atoms with Crippen molar-refractivity contribution in [1.82, 2.24) is 9.78 Å². The molecule has 0 aliphatic rings. The fraction of sp³-hybridized carbons (Fsp3) is 0.286. The van der Waals surface area contributed by atoms with Crippen LogP contribution in [0.3, 0.4) is 0 Å². The number of rotatable bonds is 3. The first kappa shape index (κ1) is 18.6. The number of ether oxygens (including phenoxy) is 1. The quantitative estimate of drug-likeness (QED) is 0.571. The average molecular weight is 366 g/mol. The van der Waals surface area contributed by atoms with E-state index >= 15 is 0 Å². The lowest BCUT2D eigenvalue weighted by molar-refractivity contribution is -0.135. The number of aryl methyl sites for hydroxylation is 1. The van der Waals surface area contributed by atoms with Crippen molar-refractivity contribution in [3.8, 4) is 5.75 Å². The lowest BCUT2D eigenvalue weighted by Gasteiger charge is -2.20. The van der Waals surface area contributed by atoms with Crippen LogP contribution in [0.5, 0.6) is 5.75 Å². The molecule has 6 nitrogen and oxygen atoms in total. The van der Waals surface area contributed by atoms with Gasteiger partial charge in [0.15, 0.2) is 0 Å². The topological polar surface area (TPSA) is 81.2 Å². The number of nitrogens with zero attached hydrogens (tertiary/aromatic N) is 1. The number of H-pyrrole nitrogens is 1. The molecule has 3 aromatic rings. The summed E-state index contributed by atoms with van der Waals surface area (Å²) in [6.45, 7) is 7.81. The molecule has 0 aliphatic heterocycles. The van der Waals surface area contributed by atoms with Gasteiger partial charge in [0.1, 0.15) is 12.3 Å². The van der Waals surface area contributed by atoms with Crippen molar-refractivity contribution >= 4 is 16.7 Å².